The van der Waals surface area contributed by atoms with Gasteiger partial charge in [0.1, 0.15) is 11.6 Å². The third-order valence-electron chi connectivity index (χ3n) is 8.33. The van der Waals surface area contributed by atoms with Crippen LogP contribution >= 0.6 is 0 Å². The number of hydrogen-bond acceptors (Lipinski definition) is 9. The Bertz CT molecular complexity index is 1330. The maximum atomic E-state index is 6.34. The maximum Gasteiger partial charge on any atom is 0.229 e. The van der Waals surface area contributed by atoms with Gasteiger partial charge in [0.25, 0.3) is 0 Å². The van der Waals surface area contributed by atoms with Crippen molar-refractivity contribution in [2.24, 2.45) is 0 Å². The number of hydrogen-bond donors (Lipinski definition) is 2. The van der Waals surface area contributed by atoms with Crippen molar-refractivity contribution in [2.45, 2.75) is 63.8 Å². The number of fused-ring (bicyclic) bond motifs is 3. The van der Waals surface area contributed by atoms with Crippen molar-refractivity contribution < 1.29 is 9.47 Å². The Kier molecular flexibility index (Phi) is 6.69. The van der Waals surface area contributed by atoms with Crippen molar-refractivity contribution in [1.82, 2.24) is 20.3 Å². The molecule has 2 fully saturated rings. The zero-order chi connectivity index (χ0) is 27.2. The summed E-state index contributed by atoms with van der Waals surface area (Å²) < 4.78 is 11.9. The van der Waals surface area contributed by atoms with Gasteiger partial charge >= 0.3 is 0 Å². The van der Waals surface area contributed by atoms with Crippen molar-refractivity contribution >= 4 is 29.0 Å². The van der Waals surface area contributed by atoms with Crippen LogP contribution in [0.2, 0.25) is 0 Å². The molecule has 0 aliphatic carbocycles. The summed E-state index contributed by atoms with van der Waals surface area (Å²) in [5, 5.41) is 6.65. The van der Waals surface area contributed by atoms with Crippen LogP contribution in [0.3, 0.4) is 0 Å². The van der Waals surface area contributed by atoms with Crippen molar-refractivity contribution in [3.63, 3.8) is 0 Å². The zero-order valence-corrected chi connectivity index (χ0v) is 23.6. The van der Waals surface area contributed by atoms with Crippen LogP contribution in [0.5, 0.6) is 0 Å². The second kappa shape index (κ2) is 10.0. The lowest BCUT2D eigenvalue weighted by Gasteiger charge is -2.46. The highest BCUT2D eigenvalue weighted by Crippen LogP contribution is 2.52. The monoisotopic (exact) mass is 529 g/mol. The second-order valence-electron chi connectivity index (χ2n) is 11.8. The fraction of sp³-hybridized carbons (Fsp3) is 0.500. The number of nitrogens with one attached hydrogen (secondary N) is 2. The van der Waals surface area contributed by atoms with E-state index in [1.54, 1.807) is 0 Å². The van der Waals surface area contributed by atoms with Crippen LogP contribution < -0.4 is 20.4 Å². The van der Waals surface area contributed by atoms with Crippen LogP contribution in [0.4, 0.5) is 29.0 Å². The lowest BCUT2D eigenvalue weighted by Crippen LogP contribution is -2.54. The predicted octanol–water partition coefficient (Wildman–Crippen LogP) is 4.54. The van der Waals surface area contributed by atoms with Crippen LogP contribution in [-0.2, 0) is 21.4 Å². The molecule has 0 saturated carbocycles. The number of ether oxygens (including phenoxy) is 2. The van der Waals surface area contributed by atoms with E-state index >= 15 is 0 Å². The number of morpholine rings is 1. The van der Waals surface area contributed by atoms with Crippen LogP contribution in [0, 0.1) is 0 Å². The molecular formula is C30H39N7O2. The fourth-order valence-electron chi connectivity index (χ4n) is 6.12. The van der Waals surface area contributed by atoms with E-state index in [0.717, 1.165) is 54.8 Å². The van der Waals surface area contributed by atoms with Crippen LogP contribution in [0.25, 0.3) is 0 Å². The summed E-state index contributed by atoms with van der Waals surface area (Å²) in [5.41, 5.74) is 3.78. The van der Waals surface area contributed by atoms with Gasteiger partial charge in [0.15, 0.2) is 0 Å². The van der Waals surface area contributed by atoms with Crippen LogP contribution in [0.15, 0.2) is 48.7 Å². The first kappa shape index (κ1) is 26.0. The zero-order valence-electron chi connectivity index (χ0n) is 23.6. The first-order chi connectivity index (χ1) is 18.8. The third kappa shape index (κ3) is 4.83. The molecule has 1 aromatic carbocycles. The summed E-state index contributed by atoms with van der Waals surface area (Å²) in [6.45, 7) is 12.5. The first-order valence-corrected chi connectivity index (χ1v) is 13.9. The standard InChI is InChI=1S/C30H39N7O2/c1-20-18-38-14-13-36(20)23-11-9-21(10-12-23)34-28-32-17-24-27(35-28)37(26-8-6-7-22(33-26)16-31-5)25-15-29(2,3)39-19-30(24,25)4/h6-12,17,20,25,31H,13-16,18-19H2,1-5H3,(H,32,34,35)/t20-,25+,30+/m1/s1. The quantitative estimate of drug-likeness (QED) is 0.478. The molecule has 6 rings (SSSR count). The summed E-state index contributed by atoms with van der Waals surface area (Å²) >= 11 is 0. The van der Waals surface area contributed by atoms with Crippen LogP contribution in [0.1, 0.15) is 45.4 Å². The van der Waals surface area contributed by atoms with E-state index < -0.39 is 0 Å². The van der Waals surface area contributed by atoms with Crippen LogP contribution in [-0.4, -0.2) is 66.0 Å². The topological polar surface area (TPSA) is 87.7 Å². The van der Waals surface area contributed by atoms with Gasteiger partial charge in [0.2, 0.25) is 5.95 Å². The SMILES string of the molecule is CNCc1cccc(N2c3nc(Nc4ccc(N5CCOC[C@H]5C)cc4)ncc3[C@]3(C)COC(C)(C)C[C@H]23)n1. The molecule has 39 heavy (non-hydrogen) atoms. The van der Waals surface area contributed by atoms with Gasteiger partial charge < -0.3 is 29.9 Å². The molecule has 2 aromatic heterocycles. The Morgan fingerprint density at radius 2 is 1.90 bits per heavy atom. The normalized spacial score (nSPS) is 25.8. The van der Waals surface area contributed by atoms with Crippen molar-refractivity contribution in [3.8, 4) is 0 Å². The second-order valence-corrected chi connectivity index (χ2v) is 11.8. The fourth-order valence-corrected chi connectivity index (χ4v) is 6.12. The third-order valence-corrected chi connectivity index (χ3v) is 8.33. The molecule has 3 aliphatic heterocycles. The summed E-state index contributed by atoms with van der Waals surface area (Å²) in [4.78, 5) is 19.6. The molecule has 2 N–H and O–H groups in total. The van der Waals surface area contributed by atoms with Crippen molar-refractivity contribution in [2.75, 3.05) is 48.5 Å². The van der Waals surface area contributed by atoms with E-state index in [9.17, 15) is 0 Å². The lowest BCUT2D eigenvalue weighted by atomic mass is 9.73. The summed E-state index contributed by atoms with van der Waals surface area (Å²) in [6.07, 6.45) is 2.84. The highest BCUT2D eigenvalue weighted by atomic mass is 16.5. The molecule has 2 saturated heterocycles. The van der Waals surface area contributed by atoms with Gasteiger partial charge in [-0.2, -0.15) is 4.98 Å². The Morgan fingerprint density at radius 1 is 1.08 bits per heavy atom. The number of aromatic nitrogens is 3. The van der Waals surface area contributed by atoms with E-state index in [-0.39, 0.29) is 17.1 Å². The molecule has 3 aliphatic rings. The number of pyridine rings is 1. The highest BCUT2D eigenvalue weighted by Gasteiger charge is 2.55. The molecule has 3 atom stereocenters. The number of nitrogens with zero attached hydrogens (tertiary/aromatic N) is 5. The summed E-state index contributed by atoms with van der Waals surface area (Å²) in [7, 11) is 1.94. The van der Waals surface area contributed by atoms with Gasteiger partial charge in [-0.3, -0.25) is 0 Å². The molecule has 0 bridgehead atoms. The Labute approximate surface area is 231 Å². The van der Waals surface area contributed by atoms with Crippen molar-refractivity contribution in [1.29, 1.82) is 0 Å². The van der Waals surface area contributed by atoms with Gasteiger partial charge in [-0.15, -0.1) is 0 Å². The molecule has 9 heteroatoms. The van der Waals surface area contributed by atoms with E-state index in [1.165, 1.54) is 5.69 Å². The maximum absolute atomic E-state index is 6.34. The number of rotatable bonds is 6. The Morgan fingerprint density at radius 3 is 2.67 bits per heavy atom. The smallest absolute Gasteiger partial charge is 0.229 e. The molecule has 206 valence electrons. The van der Waals surface area contributed by atoms with Gasteiger partial charge in [-0.1, -0.05) is 13.0 Å². The Hall–Kier alpha value is -3.27. The molecule has 0 spiro atoms. The van der Waals surface area contributed by atoms with Gasteiger partial charge in [0, 0.05) is 47.7 Å². The largest absolute Gasteiger partial charge is 0.377 e. The highest BCUT2D eigenvalue weighted by molar-refractivity contribution is 5.71. The number of benzene rings is 1. The summed E-state index contributed by atoms with van der Waals surface area (Å²) in [6, 6.07) is 15.2. The van der Waals surface area contributed by atoms with E-state index in [4.69, 9.17) is 24.4 Å². The van der Waals surface area contributed by atoms with Crippen molar-refractivity contribution in [3.05, 3.63) is 59.9 Å². The number of anilines is 5. The first-order valence-electron chi connectivity index (χ1n) is 13.9. The molecule has 0 unspecified atom stereocenters. The van der Waals surface area contributed by atoms with E-state index in [2.05, 4.69) is 90.6 Å². The predicted molar refractivity (Wildman–Crippen MR) is 154 cm³/mol. The molecular weight excluding hydrogens is 490 g/mol. The average molecular weight is 530 g/mol. The van der Waals surface area contributed by atoms with Gasteiger partial charge in [-0.05, 0) is 70.6 Å². The van der Waals surface area contributed by atoms with E-state index in [1.807, 2.05) is 13.2 Å². The molecule has 0 amide bonds. The molecule has 0 radical (unpaired) electrons. The minimum Gasteiger partial charge on any atom is -0.377 e. The Balaban J connectivity index is 1.33. The lowest BCUT2D eigenvalue weighted by molar-refractivity contribution is -0.0893. The minimum atomic E-state index is -0.236. The summed E-state index contributed by atoms with van der Waals surface area (Å²) in [5.74, 6) is 2.37. The van der Waals surface area contributed by atoms with E-state index in [0.29, 0.717) is 25.1 Å². The average Bonchev–Trinajstić information content (AvgIpc) is 3.16. The molecule has 5 heterocycles. The van der Waals surface area contributed by atoms with Gasteiger partial charge in [-0.25, -0.2) is 9.97 Å². The molecule has 9 nitrogen and oxygen atoms in total. The minimum absolute atomic E-state index is 0.160. The van der Waals surface area contributed by atoms with Gasteiger partial charge in [0.05, 0.1) is 37.2 Å². The molecule has 3 aromatic rings.